The summed E-state index contributed by atoms with van der Waals surface area (Å²) in [6.45, 7) is 0.365. The molecule has 4 rings (SSSR count). The van der Waals surface area contributed by atoms with Gasteiger partial charge in [-0.3, -0.25) is 4.79 Å². The Labute approximate surface area is 166 Å². The van der Waals surface area contributed by atoms with Crippen LogP contribution in [0.2, 0.25) is 5.02 Å². The normalized spacial score (nSPS) is 10.8. The number of aromatic nitrogens is 2. The SMILES string of the molecule is COc1ccc(Cl)cc1C(=O)NCc1ccc(-c2nc3ncccc3o2)cc1. The van der Waals surface area contributed by atoms with Gasteiger partial charge in [0.2, 0.25) is 5.89 Å². The van der Waals surface area contributed by atoms with Gasteiger partial charge < -0.3 is 14.5 Å². The van der Waals surface area contributed by atoms with E-state index in [1.54, 1.807) is 30.5 Å². The lowest BCUT2D eigenvalue weighted by molar-refractivity contribution is 0.0948. The van der Waals surface area contributed by atoms with Crippen LogP contribution < -0.4 is 10.1 Å². The number of halogens is 1. The number of hydrogen-bond donors (Lipinski definition) is 1. The summed E-state index contributed by atoms with van der Waals surface area (Å²) >= 11 is 5.99. The zero-order valence-corrected chi connectivity index (χ0v) is 15.7. The molecule has 2 aromatic carbocycles. The van der Waals surface area contributed by atoms with Crippen molar-refractivity contribution in [2.45, 2.75) is 6.54 Å². The van der Waals surface area contributed by atoms with Crippen LogP contribution in [0.1, 0.15) is 15.9 Å². The maximum atomic E-state index is 12.5. The molecule has 0 unspecified atom stereocenters. The summed E-state index contributed by atoms with van der Waals surface area (Å²) in [6, 6.07) is 16.2. The van der Waals surface area contributed by atoms with Crippen molar-refractivity contribution in [3.8, 4) is 17.2 Å². The number of benzene rings is 2. The number of pyridine rings is 1. The largest absolute Gasteiger partial charge is 0.496 e. The molecule has 0 bridgehead atoms. The number of amides is 1. The summed E-state index contributed by atoms with van der Waals surface area (Å²) in [5.41, 5.74) is 3.39. The fourth-order valence-electron chi connectivity index (χ4n) is 2.79. The topological polar surface area (TPSA) is 77.2 Å². The summed E-state index contributed by atoms with van der Waals surface area (Å²) in [7, 11) is 1.51. The minimum atomic E-state index is -0.256. The molecule has 6 nitrogen and oxygen atoms in total. The Balaban J connectivity index is 1.46. The molecular weight excluding hydrogens is 378 g/mol. The van der Waals surface area contributed by atoms with Crippen LogP contribution >= 0.6 is 11.6 Å². The highest BCUT2D eigenvalue weighted by molar-refractivity contribution is 6.31. The first-order valence-corrected chi connectivity index (χ1v) is 8.94. The highest BCUT2D eigenvalue weighted by Gasteiger charge is 2.13. The molecule has 0 saturated carbocycles. The van der Waals surface area contributed by atoms with Crippen LogP contribution in [0.4, 0.5) is 0 Å². The second kappa shape index (κ2) is 7.70. The number of carbonyl (C=O) groups excluding carboxylic acids is 1. The van der Waals surface area contributed by atoms with E-state index in [0.717, 1.165) is 11.1 Å². The number of hydrogen-bond acceptors (Lipinski definition) is 5. The quantitative estimate of drug-likeness (QED) is 0.540. The molecule has 0 aliphatic heterocycles. The van der Waals surface area contributed by atoms with Crippen molar-refractivity contribution < 1.29 is 13.9 Å². The lowest BCUT2D eigenvalue weighted by Gasteiger charge is -2.10. The van der Waals surface area contributed by atoms with Crippen LogP contribution in [0.5, 0.6) is 5.75 Å². The Morgan fingerprint density at radius 1 is 1.18 bits per heavy atom. The molecule has 0 aliphatic carbocycles. The lowest BCUT2D eigenvalue weighted by Crippen LogP contribution is -2.23. The Morgan fingerprint density at radius 2 is 2.00 bits per heavy atom. The van der Waals surface area contributed by atoms with E-state index in [0.29, 0.717) is 40.0 Å². The number of ether oxygens (including phenoxy) is 1. The second-order valence-corrected chi connectivity index (χ2v) is 6.50. The van der Waals surface area contributed by atoms with E-state index in [-0.39, 0.29) is 5.91 Å². The highest BCUT2D eigenvalue weighted by atomic mass is 35.5. The third kappa shape index (κ3) is 3.68. The van der Waals surface area contributed by atoms with Crippen LogP contribution in [0.25, 0.3) is 22.7 Å². The van der Waals surface area contributed by atoms with Crippen molar-refractivity contribution in [1.29, 1.82) is 0 Å². The predicted molar refractivity (Wildman–Crippen MR) is 106 cm³/mol. The van der Waals surface area contributed by atoms with E-state index in [1.165, 1.54) is 7.11 Å². The minimum absolute atomic E-state index is 0.256. The summed E-state index contributed by atoms with van der Waals surface area (Å²) in [6.07, 6.45) is 1.68. The second-order valence-electron chi connectivity index (χ2n) is 6.07. The average molecular weight is 394 g/mol. The van der Waals surface area contributed by atoms with Crippen LogP contribution in [-0.2, 0) is 6.54 Å². The molecule has 2 heterocycles. The Morgan fingerprint density at radius 3 is 2.75 bits per heavy atom. The van der Waals surface area contributed by atoms with E-state index >= 15 is 0 Å². The molecule has 0 spiro atoms. The van der Waals surface area contributed by atoms with Crippen LogP contribution in [-0.4, -0.2) is 23.0 Å². The molecule has 0 atom stereocenters. The highest BCUT2D eigenvalue weighted by Crippen LogP contribution is 2.24. The van der Waals surface area contributed by atoms with Gasteiger partial charge >= 0.3 is 0 Å². The minimum Gasteiger partial charge on any atom is -0.496 e. The van der Waals surface area contributed by atoms with Crippen LogP contribution in [0.15, 0.2) is 65.2 Å². The van der Waals surface area contributed by atoms with Crippen molar-refractivity contribution in [3.05, 3.63) is 76.9 Å². The number of methoxy groups -OCH3 is 1. The van der Waals surface area contributed by atoms with Gasteiger partial charge in [0.05, 0.1) is 12.7 Å². The summed E-state index contributed by atoms with van der Waals surface area (Å²) < 4.78 is 10.9. The first-order valence-electron chi connectivity index (χ1n) is 8.56. The maximum absolute atomic E-state index is 12.5. The van der Waals surface area contributed by atoms with Gasteiger partial charge in [0, 0.05) is 23.3 Å². The average Bonchev–Trinajstić information content (AvgIpc) is 3.16. The van der Waals surface area contributed by atoms with Crippen molar-refractivity contribution in [3.63, 3.8) is 0 Å². The third-order valence-corrected chi connectivity index (χ3v) is 4.46. The zero-order valence-electron chi connectivity index (χ0n) is 15.0. The van der Waals surface area contributed by atoms with E-state index in [9.17, 15) is 4.79 Å². The number of oxazole rings is 1. The molecule has 4 aromatic rings. The molecule has 2 aromatic heterocycles. The van der Waals surface area contributed by atoms with Crippen molar-refractivity contribution in [2.24, 2.45) is 0 Å². The molecule has 28 heavy (non-hydrogen) atoms. The van der Waals surface area contributed by atoms with Gasteiger partial charge in [0.1, 0.15) is 5.75 Å². The van der Waals surface area contributed by atoms with E-state index in [1.807, 2.05) is 30.3 Å². The molecule has 0 aliphatic rings. The standard InChI is InChI=1S/C21H16ClN3O3/c1-27-17-9-8-15(22)11-16(17)20(26)24-12-13-4-6-14(7-5-13)21-25-19-18(28-21)3-2-10-23-19/h2-11H,12H2,1H3,(H,24,26). The van der Waals surface area contributed by atoms with Crippen LogP contribution in [0.3, 0.4) is 0 Å². The number of carbonyl (C=O) groups is 1. The molecule has 0 saturated heterocycles. The Kier molecular flexibility index (Phi) is 4.95. The van der Waals surface area contributed by atoms with E-state index in [2.05, 4.69) is 15.3 Å². The van der Waals surface area contributed by atoms with Gasteiger partial charge in [0.15, 0.2) is 11.2 Å². The summed E-state index contributed by atoms with van der Waals surface area (Å²) in [5, 5.41) is 3.35. The third-order valence-electron chi connectivity index (χ3n) is 4.23. The smallest absolute Gasteiger partial charge is 0.255 e. The van der Waals surface area contributed by atoms with Gasteiger partial charge in [-0.05, 0) is 48.0 Å². The first kappa shape index (κ1) is 18.0. The molecule has 1 amide bonds. The fourth-order valence-corrected chi connectivity index (χ4v) is 2.96. The van der Waals surface area contributed by atoms with Gasteiger partial charge in [0.25, 0.3) is 5.91 Å². The van der Waals surface area contributed by atoms with Crippen molar-refractivity contribution in [2.75, 3.05) is 7.11 Å². The van der Waals surface area contributed by atoms with Gasteiger partial charge in [-0.15, -0.1) is 0 Å². The molecule has 0 radical (unpaired) electrons. The Bertz CT molecular complexity index is 1110. The van der Waals surface area contributed by atoms with Crippen LogP contribution in [0, 0.1) is 0 Å². The fraction of sp³-hybridized carbons (Fsp3) is 0.0952. The van der Waals surface area contributed by atoms with Crippen molar-refractivity contribution >= 4 is 28.7 Å². The zero-order chi connectivity index (χ0) is 19.5. The van der Waals surface area contributed by atoms with E-state index in [4.69, 9.17) is 20.8 Å². The van der Waals surface area contributed by atoms with Crippen molar-refractivity contribution in [1.82, 2.24) is 15.3 Å². The molecule has 140 valence electrons. The Hall–Kier alpha value is -3.38. The summed E-state index contributed by atoms with van der Waals surface area (Å²) in [4.78, 5) is 21.0. The monoisotopic (exact) mass is 393 g/mol. The number of rotatable bonds is 5. The first-order chi connectivity index (χ1) is 13.6. The summed E-state index contributed by atoms with van der Waals surface area (Å²) in [5.74, 6) is 0.725. The number of fused-ring (bicyclic) bond motifs is 1. The molecular formula is C21H16ClN3O3. The van der Waals surface area contributed by atoms with Gasteiger partial charge in [-0.2, -0.15) is 4.98 Å². The molecule has 7 heteroatoms. The maximum Gasteiger partial charge on any atom is 0.255 e. The predicted octanol–water partition coefficient (Wildman–Crippen LogP) is 4.48. The van der Waals surface area contributed by atoms with Gasteiger partial charge in [-0.25, -0.2) is 4.98 Å². The van der Waals surface area contributed by atoms with Gasteiger partial charge in [-0.1, -0.05) is 23.7 Å². The molecule has 1 N–H and O–H groups in total. The molecule has 0 fully saturated rings. The number of nitrogens with one attached hydrogen (secondary N) is 1. The number of nitrogens with zero attached hydrogens (tertiary/aromatic N) is 2. The van der Waals surface area contributed by atoms with E-state index < -0.39 is 0 Å². The lowest BCUT2D eigenvalue weighted by atomic mass is 10.1.